The average molecular weight is 390 g/mol. The molecular formula is C11H10Br2N4S. The highest BCUT2D eigenvalue weighted by molar-refractivity contribution is 9.13. The molecule has 0 spiro atoms. The number of nitrogens with zero attached hydrogens (tertiary/aromatic N) is 2. The Labute approximate surface area is 125 Å². The minimum atomic E-state index is 0.736. The lowest BCUT2D eigenvalue weighted by Gasteiger charge is -2.07. The van der Waals surface area contributed by atoms with E-state index < -0.39 is 0 Å². The van der Waals surface area contributed by atoms with Crippen LogP contribution in [0.1, 0.15) is 17.7 Å². The van der Waals surface area contributed by atoms with Gasteiger partial charge in [0.15, 0.2) is 5.82 Å². The molecule has 0 aromatic carbocycles. The van der Waals surface area contributed by atoms with Gasteiger partial charge in [0.25, 0.3) is 0 Å². The summed E-state index contributed by atoms with van der Waals surface area (Å²) < 4.78 is 2.07. The second-order valence-corrected chi connectivity index (χ2v) is 7.28. The molecule has 0 aliphatic heterocycles. The smallest absolute Gasteiger partial charge is 0.172 e. The van der Waals surface area contributed by atoms with E-state index in [9.17, 15) is 0 Å². The first kappa shape index (κ1) is 12.5. The van der Waals surface area contributed by atoms with Crippen LogP contribution in [-0.4, -0.2) is 9.97 Å². The lowest BCUT2D eigenvalue weighted by atomic mass is 10.2. The summed E-state index contributed by atoms with van der Waals surface area (Å²) >= 11 is 8.57. The van der Waals surface area contributed by atoms with E-state index in [4.69, 9.17) is 5.84 Å². The van der Waals surface area contributed by atoms with E-state index in [0.717, 1.165) is 55.3 Å². The van der Waals surface area contributed by atoms with Crippen LogP contribution < -0.4 is 11.3 Å². The topological polar surface area (TPSA) is 63.8 Å². The van der Waals surface area contributed by atoms with Gasteiger partial charge in [-0.05, 0) is 57.2 Å². The van der Waals surface area contributed by atoms with Gasteiger partial charge in [-0.15, -0.1) is 11.3 Å². The van der Waals surface area contributed by atoms with Crippen LogP contribution in [-0.2, 0) is 12.8 Å². The number of nitrogen functional groups attached to an aromatic ring is 1. The van der Waals surface area contributed by atoms with Crippen molar-refractivity contribution in [2.24, 2.45) is 5.84 Å². The fourth-order valence-electron chi connectivity index (χ4n) is 2.12. The summed E-state index contributed by atoms with van der Waals surface area (Å²) in [4.78, 5) is 10.2. The number of hydrogen-bond acceptors (Lipinski definition) is 5. The first-order valence-electron chi connectivity index (χ1n) is 5.50. The van der Waals surface area contributed by atoms with E-state index in [0.29, 0.717) is 0 Å². The summed E-state index contributed by atoms with van der Waals surface area (Å²) in [6, 6.07) is 2.02. The standard InChI is InChI=1S/C11H10Br2N4S/c12-6-4-8(18-9(6)13)11-15-7-3-1-2-5(7)10(16-11)17-14/h4H,1-3,14H2,(H,15,16,17). The molecule has 2 aromatic rings. The van der Waals surface area contributed by atoms with Crippen molar-refractivity contribution in [2.75, 3.05) is 5.43 Å². The van der Waals surface area contributed by atoms with Gasteiger partial charge >= 0.3 is 0 Å². The number of halogens is 2. The average Bonchev–Trinajstić information content (AvgIpc) is 2.95. The lowest BCUT2D eigenvalue weighted by Crippen LogP contribution is -2.12. The summed E-state index contributed by atoms with van der Waals surface area (Å²) in [6.45, 7) is 0. The Kier molecular flexibility index (Phi) is 3.40. The number of nitrogens with two attached hydrogens (primary N) is 1. The minimum Gasteiger partial charge on any atom is -0.308 e. The van der Waals surface area contributed by atoms with E-state index in [2.05, 4.69) is 47.3 Å². The van der Waals surface area contributed by atoms with Crippen molar-refractivity contribution in [2.45, 2.75) is 19.3 Å². The van der Waals surface area contributed by atoms with E-state index in [1.54, 1.807) is 11.3 Å². The summed E-state index contributed by atoms with van der Waals surface area (Å²) in [6.07, 6.45) is 3.14. The number of fused-ring (bicyclic) bond motifs is 1. The number of anilines is 1. The maximum Gasteiger partial charge on any atom is 0.172 e. The van der Waals surface area contributed by atoms with Crippen LogP contribution >= 0.6 is 43.2 Å². The van der Waals surface area contributed by atoms with E-state index in [1.807, 2.05) is 6.07 Å². The maximum absolute atomic E-state index is 5.55. The van der Waals surface area contributed by atoms with Crippen LogP contribution in [0.15, 0.2) is 14.3 Å². The number of nitrogens with one attached hydrogen (secondary N) is 1. The van der Waals surface area contributed by atoms with Gasteiger partial charge in [-0.1, -0.05) is 0 Å². The van der Waals surface area contributed by atoms with Gasteiger partial charge in [-0.25, -0.2) is 15.8 Å². The lowest BCUT2D eigenvalue weighted by molar-refractivity contribution is 0.900. The summed E-state index contributed by atoms with van der Waals surface area (Å²) in [7, 11) is 0. The highest BCUT2D eigenvalue weighted by Gasteiger charge is 2.20. The third-order valence-corrected chi connectivity index (χ3v) is 6.19. The van der Waals surface area contributed by atoms with Crippen molar-refractivity contribution in [3.63, 3.8) is 0 Å². The maximum atomic E-state index is 5.55. The predicted molar refractivity (Wildman–Crippen MR) is 80.6 cm³/mol. The van der Waals surface area contributed by atoms with Crippen molar-refractivity contribution in [3.05, 3.63) is 25.6 Å². The van der Waals surface area contributed by atoms with Crippen LogP contribution in [0.4, 0.5) is 5.82 Å². The number of aromatic nitrogens is 2. The van der Waals surface area contributed by atoms with Gasteiger partial charge in [0, 0.05) is 15.7 Å². The number of thiophene rings is 1. The molecule has 94 valence electrons. The molecule has 0 unspecified atom stereocenters. The van der Waals surface area contributed by atoms with Gasteiger partial charge in [0.2, 0.25) is 0 Å². The van der Waals surface area contributed by atoms with Crippen molar-refractivity contribution in [1.82, 2.24) is 9.97 Å². The summed E-state index contributed by atoms with van der Waals surface area (Å²) in [5.74, 6) is 7.04. The summed E-state index contributed by atoms with van der Waals surface area (Å²) in [5.41, 5.74) is 4.97. The first-order chi connectivity index (χ1) is 8.69. The van der Waals surface area contributed by atoms with Gasteiger partial charge < -0.3 is 5.43 Å². The van der Waals surface area contributed by atoms with Crippen molar-refractivity contribution in [1.29, 1.82) is 0 Å². The molecule has 0 radical (unpaired) electrons. The highest BCUT2D eigenvalue weighted by atomic mass is 79.9. The zero-order valence-corrected chi connectivity index (χ0v) is 13.3. The van der Waals surface area contributed by atoms with Gasteiger partial charge in [0.1, 0.15) is 5.82 Å². The molecule has 0 atom stereocenters. The summed E-state index contributed by atoms with van der Waals surface area (Å²) in [5, 5.41) is 0. The molecule has 2 heterocycles. The first-order valence-corrected chi connectivity index (χ1v) is 7.91. The second-order valence-electron chi connectivity index (χ2n) is 4.05. The molecule has 1 aliphatic rings. The fourth-order valence-corrected chi connectivity index (χ4v) is 4.09. The number of rotatable bonds is 2. The Morgan fingerprint density at radius 2 is 2.11 bits per heavy atom. The quantitative estimate of drug-likeness (QED) is 0.609. The molecule has 4 nitrogen and oxygen atoms in total. The van der Waals surface area contributed by atoms with E-state index in [-0.39, 0.29) is 0 Å². The molecule has 0 saturated heterocycles. The van der Waals surface area contributed by atoms with Crippen molar-refractivity contribution >= 4 is 49.0 Å². The fraction of sp³-hybridized carbons (Fsp3) is 0.273. The predicted octanol–water partition coefficient (Wildman–Crippen LogP) is 3.50. The number of hydrazine groups is 1. The van der Waals surface area contributed by atoms with E-state index in [1.165, 1.54) is 0 Å². The molecular weight excluding hydrogens is 380 g/mol. The molecule has 0 bridgehead atoms. The number of hydrogen-bond donors (Lipinski definition) is 2. The zero-order chi connectivity index (χ0) is 12.7. The molecule has 7 heteroatoms. The third-order valence-electron chi connectivity index (χ3n) is 2.94. The minimum absolute atomic E-state index is 0.736. The molecule has 2 aromatic heterocycles. The Balaban J connectivity index is 2.13. The van der Waals surface area contributed by atoms with Gasteiger partial charge in [-0.3, -0.25) is 0 Å². The Hall–Kier alpha value is -0.500. The zero-order valence-electron chi connectivity index (χ0n) is 9.33. The molecule has 3 N–H and O–H groups in total. The monoisotopic (exact) mass is 388 g/mol. The Bertz CT molecular complexity index is 592. The Morgan fingerprint density at radius 3 is 2.78 bits per heavy atom. The van der Waals surface area contributed by atoms with Crippen molar-refractivity contribution < 1.29 is 0 Å². The Morgan fingerprint density at radius 1 is 1.28 bits per heavy atom. The van der Waals surface area contributed by atoms with Crippen LogP contribution in [0.25, 0.3) is 10.7 Å². The SMILES string of the molecule is NNc1nc(-c2cc(Br)c(Br)s2)nc2c1CCC2. The molecule has 18 heavy (non-hydrogen) atoms. The van der Waals surface area contributed by atoms with Gasteiger partial charge in [0.05, 0.1) is 8.66 Å². The van der Waals surface area contributed by atoms with Crippen molar-refractivity contribution in [3.8, 4) is 10.7 Å². The van der Waals surface area contributed by atoms with Crippen LogP contribution in [0.2, 0.25) is 0 Å². The normalized spacial score (nSPS) is 13.7. The van der Waals surface area contributed by atoms with Crippen LogP contribution in [0.3, 0.4) is 0 Å². The molecule has 0 saturated carbocycles. The highest BCUT2D eigenvalue weighted by Crippen LogP contribution is 2.38. The molecule has 1 aliphatic carbocycles. The third kappa shape index (κ3) is 2.09. The van der Waals surface area contributed by atoms with E-state index >= 15 is 0 Å². The molecule has 3 rings (SSSR count). The largest absolute Gasteiger partial charge is 0.308 e. The second kappa shape index (κ2) is 4.88. The molecule has 0 fully saturated rings. The number of aryl methyl sites for hydroxylation is 1. The van der Waals surface area contributed by atoms with Crippen LogP contribution in [0.5, 0.6) is 0 Å². The molecule has 0 amide bonds. The van der Waals surface area contributed by atoms with Gasteiger partial charge in [-0.2, -0.15) is 0 Å². The van der Waals surface area contributed by atoms with Crippen LogP contribution in [0, 0.1) is 0 Å².